The van der Waals surface area contributed by atoms with Gasteiger partial charge in [-0.25, -0.2) is 4.39 Å². The minimum Gasteiger partial charge on any atom is -0.304 e. The second-order valence-electron chi connectivity index (χ2n) is 4.71. The van der Waals surface area contributed by atoms with E-state index in [4.69, 9.17) is 0 Å². The Kier molecular flexibility index (Phi) is 4.93. The number of carbonyl (C=O) groups excluding carboxylic acids is 1. The minimum atomic E-state index is -0.268. The second-order valence-corrected chi connectivity index (χ2v) is 7.94. The standard InChI is InChI=1S/C15H10Br2FN3OS/c16-11-7-12(23-14(11)17)15(22)19-13-5-6-21(20-13)8-9-1-3-10(18)4-2-9/h1-7H,8H2,(H,19,20,22). The molecule has 0 radical (unpaired) electrons. The van der Waals surface area contributed by atoms with Gasteiger partial charge in [-0.2, -0.15) is 5.10 Å². The van der Waals surface area contributed by atoms with Crippen molar-refractivity contribution < 1.29 is 9.18 Å². The first kappa shape index (κ1) is 16.4. The fourth-order valence-corrected chi connectivity index (χ4v) is 3.86. The highest BCUT2D eigenvalue weighted by atomic mass is 79.9. The molecule has 0 atom stereocenters. The summed E-state index contributed by atoms with van der Waals surface area (Å²) in [6.07, 6.45) is 1.76. The first-order chi connectivity index (χ1) is 11.0. The number of halogens is 3. The first-order valence-corrected chi connectivity index (χ1v) is 8.95. The van der Waals surface area contributed by atoms with E-state index in [2.05, 4.69) is 42.3 Å². The van der Waals surface area contributed by atoms with Crippen molar-refractivity contribution in [1.29, 1.82) is 0 Å². The first-order valence-electron chi connectivity index (χ1n) is 6.55. The summed E-state index contributed by atoms with van der Waals surface area (Å²) in [5.74, 6) is -0.0124. The molecule has 0 aliphatic carbocycles. The molecule has 0 aliphatic rings. The van der Waals surface area contributed by atoms with Gasteiger partial charge in [-0.15, -0.1) is 11.3 Å². The zero-order valence-electron chi connectivity index (χ0n) is 11.6. The largest absolute Gasteiger partial charge is 0.304 e. The third-order valence-electron chi connectivity index (χ3n) is 3.01. The summed E-state index contributed by atoms with van der Waals surface area (Å²) >= 11 is 8.05. The van der Waals surface area contributed by atoms with E-state index in [-0.39, 0.29) is 11.7 Å². The molecule has 0 saturated heterocycles. The molecule has 0 fully saturated rings. The number of hydrogen-bond acceptors (Lipinski definition) is 3. The van der Waals surface area contributed by atoms with Crippen molar-refractivity contribution in [2.75, 3.05) is 5.32 Å². The van der Waals surface area contributed by atoms with Gasteiger partial charge in [0.25, 0.3) is 5.91 Å². The van der Waals surface area contributed by atoms with E-state index in [1.807, 2.05) is 0 Å². The molecule has 1 aromatic carbocycles. The van der Waals surface area contributed by atoms with Crippen LogP contribution in [-0.4, -0.2) is 15.7 Å². The van der Waals surface area contributed by atoms with Gasteiger partial charge in [0.05, 0.1) is 15.2 Å². The normalized spacial score (nSPS) is 10.7. The lowest BCUT2D eigenvalue weighted by Gasteiger charge is -2.02. The maximum atomic E-state index is 12.9. The lowest BCUT2D eigenvalue weighted by Crippen LogP contribution is -2.11. The van der Waals surface area contributed by atoms with Crippen LogP contribution >= 0.6 is 43.2 Å². The molecular formula is C15H10Br2FN3OS. The molecule has 0 bridgehead atoms. The lowest BCUT2D eigenvalue weighted by molar-refractivity contribution is 0.103. The van der Waals surface area contributed by atoms with Gasteiger partial charge in [-0.1, -0.05) is 12.1 Å². The molecule has 0 unspecified atom stereocenters. The van der Waals surface area contributed by atoms with E-state index in [9.17, 15) is 9.18 Å². The van der Waals surface area contributed by atoms with Gasteiger partial charge < -0.3 is 5.32 Å². The molecule has 0 saturated carbocycles. The Bertz CT molecular complexity index is 825. The van der Waals surface area contributed by atoms with Crippen LogP contribution < -0.4 is 5.32 Å². The Morgan fingerprint density at radius 1 is 1.26 bits per heavy atom. The number of thiophene rings is 1. The van der Waals surface area contributed by atoms with Crippen LogP contribution in [-0.2, 0) is 6.54 Å². The van der Waals surface area contributed by atoms with Crippen LogP contribution in [0.4, 0.5) is 10.2 Å². The third kappa shape index (κ3) is 4.07. The van der Waals surface area contributed by atoms with Crippen molar-refractivity contribution in [2.24, 2.45) is 0 Å². The molecule has 2 heterocycles. The number of hydrogen-bond donors (Lipinski definition) is 1. The van der Waals surface area contributed by atoms with Crippen molar-refractivity contribution >= 4 is 54.9 Å². The van der Waals surface area contributed by atoms with Crippen LogP contribution in [0.25, 0.3) is 0 Å². The molecule has 1 amide bonds. The Balaban J connectivity index is 1.67. The van der Waals surface area contributed by atoms with Gasteiger partial charge in [0.1, 0.15) is 5.82 Å². The quantitative estimate of drug-likeness (QED) is 0.603. The Hall–Kier alpha value is -1.51. The van der Waals surface area contributed by atoms with E-state index < -0.39 is 0 Å². The zero-order valence-corrected chi connectivity index (χ0v) is 15.6. The summed E-state index contributed by atoms with van der Waals surface area (Å²) < 4.78 is 16.3. The fraction of sp³-hybridized carbons (Fsp3) is 0.0667. The van der Waals surface area contributed by atoms with Crippen LogP contribution in [0.1, 0.15) is 15.2 Å². The van der Waals surface area contributed by atoms with Crippen LogP contribution in [0.3, 0.4) is 0 Å². The molecule has 118 valence electrons. The molecule has 3 aromatic rings. The van der Waals surface area contributed by atoms with Gasteiger partial charge in [0.2, 0.25) is 0 Å². The molecule has 2 aromatic heterocycles. The van der Waals surface area contributed by atoms with Crippen molar-refractivity contribution in [3.05, 3.63) is 67.1 Å². The second kappa shape index (κ2) is 6.94. The summed E-state index contributed by atoms with van der Waals surface area (Å²) in [6, 6.07) is 9.70. The Labute approximate surface area is 152 Å². The van der Waals surface area contributed by atoms with Gasteiger partial charge in [-0.3, -0.25) is 9.48 Å². The maximum Gasteiger partial charge on any atom is 0.267 e. The smallest absolute Gasteiger partial charge is 0.267 e. The maximum absolute atomic E-state index is 12.9. The molecular weight excluding hydrogens is 449 g/mol. The molecule has 0 spiro atoms. The van der Waals surface area contributed by atoms with Crippen LogP contribution in [0.5, 0.6) is 0 Å². The van der Waals surface area contributed by atoms with Crippen molar-refractivity contribution in [1.82, 2.24) is 9.78 Å². The average molecular weight is 459 g/mol. The van der Waals surface area contributed by atoms with E-state index in [1.54, 1.807) is 35.1 Å². The number of amides is 1. The highest BCUT2D eigenvalue weighted by Gasteiger charge is 2.13. The number of carbonyl (C=O) groups is 1. The van der Waals surface area contributed by atoms with E-state index in [0.717, 1.165) is 13.8 Å². The predicted molar refractivity (Wildman–Crippen MR) is 95.4 cm³/mol. The van der Waals surface area contributed by atoms with Crippen LogP contribution in [0.2, 0.25) is 0 Å². The lowest BCUT2D eigenvalue weighted by atomic mass is 10.2. The van der Waals surface area contributed by atoms with E-state index in [0.29, 0.717) is 17.2 Å². The number of rotatable bonds is 4. The van der Waals surface area contributed by atoms with Crippen molar-refractivity contribution in [3.63, 3.8) is 0 Å². The molecule has 0 aliphatic heterocycles. The third-order valence-corrected chi connectivity index (χ3v) is 6.26. The highest BCUT2D eigenvalue weighted by molar-refractivity contribution is 9.13. The predicted octanol–water partition coefficient (Wildman–Crippen LogP) is 4.91. The van der Waals surface area contributed by atoms with Gasteiger partial charge in [-0.05, 0) is 55.6 Å². The van der Waals surface area contributed by atoms with Crippen LogP contribution in [0.15, 0.2) is 50.9 Å². The summed E-state index contributed by atoms with van der Waals surface area (Å²) in [5, 5.41) is 7.05. The SMILES string of the molecule is O=C(Nc1ccn(Cc2ccc(F)cc2)n1)c1cc(Br)c(Br)s1. The minimum absolute atomic E-state index is 0.214. The summed E-state index contributed by atoms with van der Waals surface area (Å²) in [5.41, 5.74) is 0.929. The van der Waals surface area contributed by atoms with Crippen LogP contribution in [0, 0.1) is 5.82 Å². The van der Waals surface area contributed by atoms with Crippen molar-refractivity contribution in [3.8, 4) is 0 Å². The number of aromatic nitrogens is 2. The van der Waals surface area contributed by atoms with E-state index in [1.165, 1.54) is 23.5 Å². The topological polar surface area (TPSA) is 46.9 Å². The fourth-order valence-electron chi connectivity index (χ4n) is 1.93. The van der Waals surface area contributed by atoms with E-state index >= 15 is 0 Å². The Morgan fingerprint density at radius 3 is 2.65 bits per heavy atom. The number of anilines is 1. The summed E-state index contributed by atoms with van der Waals surface area (Å²) in [7, 11) is 0. The molecule has 23 heavy (non-hydrogen) atoms. The van der Waals surface area contributed by atoms with Gasteiger partial charge in [0.15, 0.2) is 5.82 Å². The summed E-state index contributed by atoms with van der Waals surface area (Å²) in [4.78, 5) is 12.7. The molecule has 8 heteroatoms. The molecule has 3 rings (SSSR count). The number of nitrogens with zero attached hydrogens (tertiary/aromatic N) is 2. The highest BCUT2D eigenvalue weighted by Crippen LogP contribution is 2.32. The zero-order chi connectivity index (χ0) is 16.4. The average Bonchev–Trinajstić information content (AvgIpc) is 3.09. The molecule has 1 N–H and O–H groups in total. The monoisotopic (exact) mass is 457 g/mol. The van der Waals surface area contributed by atoms with Crippen molar-refractivity contribution in [2.45, 2.75) is 6.54 Å². The number of nitrogens with one attached hydrogen (secondary N) is 1. The number of benzene rings is 1. The van der Waals surface area contributed by atoms with Gasteiger partial charge in [0, 0.05) is 16.7 Å². The molecule has 4 nitrogen and oxygen atoms in total. The summed E-state index contributed by atoms with van der Waals surface area (Å²) in [6.45, 7) is 0.506. The van der Waals surface area contributed by atoms with Gasteiger partial charge >= 0.3 is 0 Å². The Morgan fingerprint density at radius 2 is 2.00 bits per heavy atom.